The van der Waals surface area contributed by atoms with Crippen LogP contribution < -0.4 is 5.32 Å². The van der Waals surface area contributed by atoms with E-state index in [9.17, 15) is 4.39 Å². The van der Waals surface area contributed by atoms with E-state index >= 15 is 0 Å². The molecule has 1 aliphatic heterocycles. The van der Waals surface area contributed by atoms with Crippen LogP contribution in [0, 0.1) is 5.82 Å². The molecule has 4 heteroatoms. The fraction of sp³-hybridized carbons (Fsp3) is 0.455. The SMILES string of the molecule is CCNC1CSCc2c(F)cc(Cl)cc21. The van der Waals surface area contributed by atoms with Crippen LogP contribution >= 0.6 is 23.4 Å². The quantitative estimate of drug-likeness (QED) is 0.858. The van der Waals surface area contributed by atoms with Crippen molar-refractivity contribution in [1.29, 1.82) is 0 Å². The monoisotopic (exact) mass is 245 g/mol. The minimum atomic E-state index is -0.174. The maximum atomic E-state index is 13.6. The number of hydrogen-bond donors (Lipinski definition) is 1. The van der Waals surface area contributed by atoms with Gasteiger partial charge in [0.05, 0.1) is 0 Å². The second kappa shape index (κ2) is 4.73. The van der Waals surface area contributed by atoms with Crippen LogP contribution in [-0.2, 0) is 5.75 Å². The zero-order chi connectivity index (χ0) is 10.8. The second-order valence-electron chi connectivity index (χ2n) is 3.58. The first-order valence-corrected chi connectivity index (χ1v) is 6.54. The number of hydrogen-bond acceptors (Lipinski definition) is 2. The average Bonchev–Trinajstić information content (AvgIpc) is 2.19. The average molecular weight is 246 g/mol. The van der Waals surface area contributed by atoms with E-state index in [0.29, 0.717) is 5.02 Å². The molecule has 0 saturated carbocycles. The van der Waals surface area contributed by atoms with Crippen LogP contribution in [0.5, 0.6) is 0 Å². The summed E-state index contributed by atoms with van der Waals surface area (Å²) in [6.45, 7) is 2.94. The molecule has 0 bridgehead atoms. The zero-order valence-corrected chi connectivity index (χ0v) is 10.1. The molecule has 1 heterocycles. The van der Waals surface area contributed by atoms with E-state index in [2.05, 4.69) is 12.2 Å². The van der Waals surface area contributed by atoms with Crippen molar-refractivity contribution < 1.29 is 4.39 Å². The van der Waals surface area contributed by atoms with E-state index in [1.165, 1.54) is 6.07 Å². The summed E-state index contributed by atoms with van der Waals surface area (Å²) in [6, 6.07) is 3.51. The number of halogens is 2. The van der Waals surface area contributed by atoms with Crippen molar-refractivity contribution >= 4 is 23.4 Å². The third-order valence-corrected chi connectivity index (χ3v) is 3.83. The van der Waals surface area contributed by atoms with Gasteiger partial charge >= 0.3 is 0 Å². The Morgan fingerprint density at radius 1 is 1.60 bits per heavy atom. The first kappa shape index (κ1) is 11.2. The third-order valence-electron chi connectivity index (χ3n) is 2.55. The van der Waals surface area contributed by atoms with Crippen molar-refractivity contribution in [2.75, 3.05) is 12.3 Å². The van der Waals surface area contributed by atoms with Crippen LogP contribution in [-0.4, -0.2) is 12.3 Å². The lowest BCUT2D eigenvalue weighted by Crippen LogP contribution is -2.26. The number of fused-ring (bicyclic) bond motifs is 1. The Morgan fingerprint density at radius 2 is 2.40 bits per heavy atom. The first-order chi connectivity index (χ1) is 7.22. The number of nitrogens with one attached hydrogen (secondary N) is 1. The molecule has 0 saturated heterocycles. The summed E-state index contributed by atoms with van der Waals surface area (Å²) in [5, 5.41) is 3.84. The van der Waals surface area contributed by atoms with Crippen molar-refractivity contribution in [2.45, 2.75) is 18.7 Å². The molecule has 1 nitrogen and oxygen atoms in total. The molecular weight excluding hydrogens is 233 g/mol. The van der Waals surface area contributed by atoms with Crippen LogP contribution in [0.1, 0.15) is 24.1 Å². The minimum absolute atomic E-state index is 0.174. The highest BCUT2D eigenvalue weighted by molar-refractivity contribution is 7.98. The van der Waals surface area contributed by atoms with Gasteiger partial charge in [-0.1, -0.05) is 18.5 Å². The Kier molecular flexibility index (Phi) is 3.54. The molecule has 0 radical (unpaired) electrons. The fourth-order valence-electron chi connectivity index (χ4n) is 1.87. The Hall–Kier alpha value is -0.250. The van der Waals surface area contributed by atoms with Gasteiger partial charge in [0.1, 0.15) is 5.82 Å². The summed E-state index contributed by atoms with van der Waals surface area (Å²) in [6.07, 6.45) is 0. The normalized spacial score (nSPS) is 20.1. The van der Waals surface area contributed by atoms with Gasteiger partial charge in [-0.15, -0.1) is 0 Å². The van der Waals surface area contributed by atoms with Crippen molar-refractivity contribution in [3.63, 3.8) is 0 Å². The van der Waals surface area contributed by atoms with E-state index in [0.717, 1.165) is 29.2 Å². The van der Waals surface area contributed by atoms with E-state index in [4.69, 9.17) is 11.6 Å². The first-order valence-electron chi connectivity index (χ1n) is 5.01. The zero-order valence-electron chi connectivity index (χ0n) is 8.52. The van der Waals surface area contributed by atoms with Gasteiger partial charge in [-0.3, -0.25) is 0 Å². The van der Waals surface area contributed by atoms with Crippen LogP contribution in [0.2, 0.25) is 5.02 Å². The Balaban J connectivity index is 2.41. The molecule has 1 aromatic rings. The molecule has 0 amide bonds. The van der Waals surface area contributed by atoms with Gasteiger partial charge < -0.3 is 5.32 Å². The second-order valence-corrected chi connectivity index (χ2v) is 5.05. The Bertz CT molecular complexity index is 370. The summed E-state index contributed by atoms with van der Waals surface area (Å²) in [7, 11) is 0. The van der Waals surface area contributed by atoms with Gasteiger partial charge in [-0.2, -0.15) is 11.8 Å². The summed E-state index contributed by atoms with van der Waals surface area (Å²) >= 11 is 7.63. The lowest BCUT2D eigenvalue weighted by molar-refractivity contribution is 0.572. The Labute approximate surface area is 98.4 Å². The topological polar surface area (TPSA) is 12.0 Å². The lowest BCUT2D eigenvalue weighted by atomic mass is 10.0. The van der Waals surface area contributed by atoms with E-state index in [1.807, 2.05) is 6.07 Å². The molecule has 15 heavy (non-hydrogen) atoms. The van der Waals surface area contributed by atoms with E-state index in [1.54, 1.807) is 11.8 Å². The van der Waals surface area contributed by atoms with Crippen LogP contribution in [0.4, 0.5) is 4.39 Å². The van der Waals surface area contributed by atoms with Crippen molar-refractivity contribution in [3.8, 4) is 0 Å². The standard InChI is InChI=1S/C11H13ClFNS/c1-2-14-11-6-15-5-9-8(11)3-7(12)4-10(9)13/h3-4,11,14H,2,5-6H2,1H3. The molecule has 1 unspecified atom stereocenters. The smallest absolute Gasteiger partial charge is 0.129 e. The lowest BCUT2D eigenvalue weighted by Gasteiger charge is -2.26. The van der Waals surface area contributed by atoms with Gasteiger partial charge in [0.2, 0.25) is 0 Å². The largest absolute Gasteiger partial charge is 0.309 e. The molecule has 1 N–H and O–H groups in total. The molecule has 0 fully saturated rings. The van der Waals surface area contributed by atoms with Gasteiger partial charge in [0, 0.05) is 28.1 Å². The summed E-state index contributed by atoms with van der Waals surface area (Å²) in [5.74, 6) is 1.56. The number of benzene rings is 1. The Morgan fingerprint density at radius 3 is 3.13 bits per heavy atom. The van der Waals surface area contributed by atoms with Crippen molar-refractivity contribution in [3.05, 3.63) is 34.1 Å². The maximum absolute atomic E-state index is 13.6. The van der Waals surface area contributed by atoms with Gasteiger partial charge in [-0.05, 0) is 24.2 Å². The molecule has 82 valence electrons. The highest BCUT2D eigenvalue weighted by Crippen LogP contribution is 2.35. The molecule has 1 aliphatic rings. The molecule has 1 aromatic carbocycles. The minimum Gasteiger partial charge on any atom is -0.309 e. The van der Waals surface area contributed by atoms with Crippen molar-refractivity contribution in [1.82, 2.24) is 5.32 Å². The summed E-state index contributed by atoms with van der Waals surface area (Å²) < 4.78 is 13.6. The van der Waals surface area contributed by atoms with E-state index < -0.39 is 0 Å². The predicted molar refractivity (Wildman–Crippen MR) is 64.0 cm³/mol. The van der Waals surface area contributed by atoms with Crippen molar-refractivity contribution in [2.24, 2.45) is 0 Å². The van der Waals surface area contributed by atoms with Gasteiger partial charge in [-0.25, -0.2) is 4.39 Å². The van der Waals surface area contributed by atoms with Gasteiger partial charge in [0.25, 0.3) is 0 Å². The van der Waals surface area contributed by atoms with E-state index in [-0.39, 0.29) is 11.9 Å². The number of rotatable bonds is 2. The third kappa shape index (κ3) is 2.30. The molecule has 1 atom stereocenters. The highest BCUT2D eigenvalue weighted by atomic mass is 35.5. The van der Waals surface area contributed by atoms with Crippen LogP contribution in [0.15, 0.2) is 12.1 Å². The molecule has 0 spiro atoms. The summed E-state index contributed by atoms with van der Waals surface area (Å²) in [5.41, 5.74) is 1.84. The molecule has 0 aliphatic carbocycles. The van der Waals surface area contributed by atoms with Crippen LogP contribution in [0.25, 0.3) is 0 Å². The van der Waals surface area contributed by atoms with Crippen LogP contribution in [0.3, 0.4) is 0 Å². The van der Waals surface area contributed by atoms with Gasteiger partial charge in [0.15, 0.2) is 0 Å². The fourth-order valence-corrected chi connectivity index (χ4v) is 3.24. The molecule has 0 aromatic heterocycles. The predicted octanol–water partition coefficient (Wildman–Crippen LogP) is 3.38. The highest BCUT2D eigenvalue weighted by Gasteiger charge is 2.22. The maximum Gasteiger partial charge on any atom is 0.129 e. The summed E-state index contributed by atoms with van der Waals surface area (Å²) in [4.78, 5) is 0. The number of thioether (sulfide) groups is 1. The molecular formula is C11H13ClFNS. The molecule has 2 rings (SSSR count).